The van der Waals surface area contributed by atoms with Gasteiger partial charge in [0.2, 0.25) is 0 Å². The van der Waals surface area contributed by atoms with Gasteiger partial charge in [0.05, 0.1) is 17.6 Å². The molecule has 1 atom stereocenters. The Morgan fingerprint density at radius 2 is 2.24 bits per heavy atom. The number of benzene rings is 1. The van der Waals surface area contributed by atoms with E-state index in [0.717, 1.165) is 16.7 Å². The summed E-state index contributed by atoms with van der Waals surface area (Å²) in [5, 5.41) is 0.699. The van der Waals surface area contributed by atoms with Gasteiger partial charge >= 0.3 is 0 Å². The monoisotopic (exact) mass is 315 g/mol. The molecule has 0 spiro atoms. The summed E-state index contributed by atoms with van der Waals surface area (Å²) in [4.78, 5) is 6.40. The van der Waals surface area contributed by atoms with E-state index >= 15 is 0 Å². The number of nitrogens with two attached hydrogens (primary N) is 1. The Balaban J connectivity index is 2.36. The zero-order valence-corrected chi connectivity index (χ0v) is 12.2. The van der Waals surface area contributed by atoms with Crippen molar-refractivity contribution in [2.75, 3.05) is 11.4 Å². The standard InChI is InChI=1S/C12H15BrClN3/c1-7(2)11-6-16-12(15)17(11)8-3-4-10(14)9(13)5-8/h3-5,7,11H,6H2,1-2H3,(H2,15,16). The van der Waals surface area contributed by atoms with Gasteiger partial charge in [-0.25, -0.2) is 0 Å². The molecule has 0 saturated carbocycles. The number of hydrogen-bond donors (Lipinski definition) is 1. The number of guanidine groups is 1. The van der Waals surface area contributed by atoms with Crippen LogP contribution in [0.2, 0.25) is 5.02 Å². The molecule has 1 unspecified atom stereocenters. The van der Waals surface area contributed by atoms with E-state index in [4.69, 9.17) is 17.3 Å². The molecule has 0 radical (unpaired) electrons. The highest BCUT2D eigenvalue weighted by atomic mass is 79.9. The van der Waals surface area contributed by atoms with E-state index in [1.807, 2.05) is 18.2 Å². The predicted octanol–water partition coefficient (Wildman–Crippen LogP) is 3.26. The Morgan fingerprint density at radius 3 is 2.82 bits per heavy atom. The molecule has 1 heterocycles. The van der Waals surface area contributed by atoms with Gasteiger partial charge in [0.1, 0.15) is 0 Å². The predicted molar refractivity (Wildman–Crippen MR) is 76.7 cm³/mol. The van der Waals surface area contributed by atoms with Gasteiger partial charge in [-0.1, -0.05) is 25.4 Å². The number of rotatable bonds is 2. The molecular weight excluding hydrogens is 302 g/mol. The van der Waals surface area contributed by atoms with Crippen LogP contribution in [0.15, 0.2) is 27.7 Å². The summed E-state index contributed by atoms with van der Waals surface area (Å²) >= 11 is 9.43. The van der Waals surface area contributed by atoms with E-state index in [2.05, 4.69) is 39.7 Å². The minimum atomic E-state index is 0.322. The number of halogens is 2. The van der Waals surface area contributed by atoms with Crippen LogP contribution in [0.25, 0.3) is 0 Å². The molecule has 92 valence electrons. The minimum Gasteiger partial charge on any atom is -0.370 e. The van der Waals surface area contributed by atoms with Crippen molar-refractivity contribution in [2.45, 2.75) is 19.9 Å². The molecule has 1 aliphatic rings. The molecule has 1 aromatic carbocycles. The molecule has 0 aliphatic carbocycles. The van der Waals surface area contributed by atoms with Crippen molar-refractivity contribution in [3.63, 3.8) is 0 Å². The van der Waals surface area contributed by atoms with Crippen LogP contribution in [0.5, 0.6) is 0 Å². The average molecular weight is 317 g/mol. The largest absolute Gasteiger partial charge is 0.370 e. The van der Waals surface area contributed by atoms with E-state index in [1.54, 1.807) is 0 Å². The van der Waals surface area contributed by atoms with Crippen molar-refractivity contribution in [1.82, 2.24) is 0 Å². The third-order valence-electron chi connectivity index (χ3n) is 2.97. The van der Waals surface area contributed by atoms with E-state index in [0.29, 0.717) is 22.9 Å². The molecule has 3 nitrogen and oxygen atoms in total. The fraction of sp³-hybridized carbons (Fsp3) is 0.417. The first-order chi connectivity index (χ1) is 8.00. The topological polar surface area (TPSA) is 41.6 Å². The van der Waals surface area contributed by atoms with Gasteiger partial charge in [-0.2, -0.15) is 0 Å². The molecule has 1 aliphatic heterocycles. The highest BCUT2D eigenvalue weighted by Crippen LogP contribution is 2.31. The average Bonchev–Trinajstić information content (AvgIpc) is 2.64. The maximum absolute atomic E-state index is 6.00. The van der Waals surface area contributed by atoms with Crippen LogP contribution in [-0.2, 0) is 0 Å². The van der Waals surface area contributed by atoms with Crippen molar-refractivity contribution in [2.24, 2.45) is 16.6 Å². The summed E-state index contributed by atoms with van der Waals surface area (Å²) in [5.41, 5.74) is 6.98. The molecule has 0 fully saturated rings. The van der Waals surface area contributed by atoms with Crippen molar-refractivity contribution in [1.29, 1.82) is 0 Å². The first-order valence-corrected chi connectivity index (χ1v) is 6.72. The Morgan fingerprint density at radius 1 is 1.53 bits per heavy atom. The number of hydrogen-bond acceptors (Lipinski definition) is 3. The van der Waals surface area contributed by atoms with Crippen LogP contribution in [0.4, 0.5) is 5.69 Å². The van der Waals surface area contributed by atoms with Gasteiger partial charge < -0.3 is 10.6 Å². The maximum Gasteiger partial charge on any atom is 0.196 e. The second-order valence-corrected chi connectivity index (χ2v) is 5.74. The number of anilines is 1. The number of nitrogens with zero attached hydrogens (tertiary/aromatic N) is 2. The Kier molecular flexibility index (Phi) is 3.64. The third kappa shape index (κ3) is 2.43. The van der Waals surface area contributed by atoms with Crippen LogP contribution >= 0.6 is 27.5 Å². The van der Waals surface area contributed by atoms with Crippen molar-refractivity contribution in [3.05, 3.63) is 27.7 Å². The van der Waals surface area contributed by atoms with Gasteiger partial charge in [0.15, 0.2) is 5.96 Å². The SMILES string of the molecule is CC(C)C1CN=C(N)N1c1ccc(Cl)c(Br)c1. The van der Waals surface area contributed by atoms with E-state index in [9.17, 15) is 0 Å². The van der Waals surface area contributed by atoms with Crippen molar-refractivity contribution < 1.29 is 0 Å². The fourth-order valence-electron chi connectivity index (χ4n) is 1.98. The zero-order chi connectivity index (χ0) is 12.6. The molecular formula is C12H15BrClN3. The molecule has 0 bridgehead atoms. The summed E-state index contributed by atoms with van der Waals surface area (Å²) in [6.07, 6.45) is 0. The first-order valence-electron chi connectivity index (χ1n) is 5.55. The highest BCUT2D eigenvalue weighted by Gasteiger charge is 2.29. The van der Waals surface area contributed by atoms with Crippen LogP contribution in [-0.4, -0.2) is 18.5 Å². The summed E-state index contributed by atoms with van der Waals surface area (Å²) in [6.45, 7) is 5.11. The Labute approximate surface area is 115 Å². The summed E-state index contributed by atoms with van der Waals surface area (Å²) in [5.74, 6) is 1.08. The lowest BCUT2D eigenvalue weighted by atomic mass is 10.0. The van der Waals surface area contributed by atoms with Gasteiger partial charge in [-0.3, -0.25) is 4.99 Å². The zero-order valence-electron chi connectivity index (χ0n) is 9.82. The van der Waals surface area contributed by atoms with Crippen LogP contribution in [0.1, 0.15) is 13.8 Å². The molecule has 0 aromatic heterocycles. The summed E-state index contributed by atoms with van der Waals surface area (Å²) in [7, 11) is 0. The lowest BCUT2D eigenvalue weighted by molar-refractivity contribution is 0.517. The minimum absolute atomic E-state index is 0.322. The lowest BCUT2D eigenvalue weighted by Gasteiger charge is -2.29. The van der Waals surface area contributed by atoms with Crippen molar-refractivity contribution >= 4 is 39.2 Å². The molecule has 0 saturated heterocycles. The van der Waals surface area contributed by atoms with Gasteiger partial charge in [0.25, 0.3) is 0 Å². The summed E-state index contributed by atoms with van der Waals surface area (Å²) in [6, 6.07) is 6.13. The van der Waals surface area contributed by atoms with Crippen LogP contribution < -0.4 is 10.6 Å². The van der Waals surface area contributed by atoms with Crippen LogP contribution in [0.3, 0.4) is 0 Å². The highest BCUT2D eigenvalue weighted by molar-refractivity contribution is 9.10. The Bertz CT molecular complexity index is 459. The number of aliphatic imine (C=N–C) groups is 1. The molecule has 2 rings (SSSR count). The molecule has 0 amide bonds. The molecule has 1 aromatic rings. The quantitative estimate of drug-likeness (QED) is 0.910. The second-order valence-electron chi connectivity index (χ2n) is 4.48. The molecule has 5 heteroatoms. The van der Waals surface area contributed by atoms with Gasteiger partial charge in [-0.05, 0) is 40.0 Å². The maximum atomic E-state index is 6.00. The fourth-order valence-corrected chi connectivity index (χ4v) is 2.47. The normalized spacial score (nSPS) is 19.9. The molecule has 2 N–H and O–H groups in total. The summed E-state index contributed by atoms with van der Waals surface area (Å²) < 4.78 is 0.874. The smallest absolute Gasteiger partial charge is 0.196 e. The second kappa shape index (κ2) is 4.86. The van der Waals surface area contributed by atoms with E-state index < -0.39 is 0 Å². The van der Waals surface area contributed by atoms with Gasteiger partial charge in [0, 0.05) is 10.2 Å². The molecule has 17 heavy (non-hydrogen) atoms. The van der Waals surface area contributed by atoms with E-state index in [-0.39, 0.29) is 0 Å². The van der Waals surface area contributed by atoms with Gasteiger partial charge in [-0.15, -0.1) is 0 Å². The van der Waals surface area contributed by atoms with E-state index in [1.165, 1.54) is 0 Å². The third-order valence-corrected chi connectivity index (χ3v) is 4.18. The van der Waals surface area contributed by atoms with Crippen molar-refractivity contribution in [3.8, 4) is 0 Å². The lowest BCUT2D eigenvalue weighted by Crippen LogP contribution is -2.43. The van der Waals surface area contributed by atoms with Crippen LogP contribution in [0, 0.1) is 5.92 Å². The Hall–Kier alpha value is -0.740. The first kappa shape index (κ1) is 12.7.